The van der Waals surface area contributed by atoms with Crippen LogP contribution in [0.15, 0.2) is 79.0 Å². The fourth-order valence-electron chi connectivity index (χ4n) is 5.22. The molecule has 1 fully saturated rings. The first-order valence-corrected chi connectivity index (χ1v) is 13.1. The number of carbonyl (C=O) groups excluding carboxylic acids is 1. The number of methoxy groups -OCH3 is 1. The van der Waals surface area contributed by atoms with E-state index >= 15 is 0 Å². The number of ether oxygens (including phenoxy) is 1. The predicted octanol–water partition coefficient (Wildman–Crippen LogP) is 5.64. The Balaban J connectivity index is 1.48. The molecule has 1 amide bonds. The van der Waals surface area contributed by atoms with E-state index in [0.29, 0.717) is 11.7 Å². The molecule has 1 saturated heterocycles. The van der Waals surface area contributed by atoms with Gasteiger partial charge in [0.15, 0.2) is 5.11 Å². The van der Waals surface area contributed by atoms with Gasteiger partial charge in [-0.25, -0.2) is 4.39 Å². The molecule has 2 atom stereocenters. The number of pyridine rings is 1. The number of aryl methyl sites for hydroxylation is 1. The maximum Gasteiger partial charge on any atom is 0.226 e. The van der Waals surface area contributed by atoms with E-state index in [9.17, 15) is 9.18 Å². The van der Waals surface area contributed by atoms with Crippen LogP contribution in [0.2, 0.25) is 0 Å². The Morgan fingerprint density at radius 1 is 1.10 bits per heavy atom. The minimum atomic E-state index is -0.470. The van der Waals surface area contributed by atoms with Crippen molar-refractivity contribution in [2.45, 2.75) is 32.4 Å². The Hall–Kier alpha value is -4.24. The average molecular weight is 544 g/mol. The number of benzene rings is 2. The number of thiocarbonyl (C=S) groups is 1. The summed E-state index contributed by atoms with van der Waals surface area (Å²) in [7, 11) is 1.66. The molecule has 7 nitrogen and oxygen atoms in total. The molecule has 0 bridgehead atoms. The predicted molar refractivity (Wildman–Crippen MR) is 154 cm³/mol. The number of nitrogens with one attached hydrogen (secondary N) is 2. The van der Waals surface area contributed by atoms with Crippen molar-refractivity contribution in [3.63, 3.8) is 0 Å². The highest BCUT2D eigenvalue weighted by molar-refractivity contribution is 7.80. The van der Waals surface area contributed by atoms with Crippen LogP contribution in [-0.4, -0.2) is 39.1 Å². The molecular formula is C30H30FN5O2S. The minimum Gasteiger partial charge on any atom is -0.497 e. The third kappa shape index (κ3) is 5.35. The van der Waals surface area contributed by atoms with Crippen molar-refractivity contribution in [3.05, 3.63) is 107 Å². The lowest BCUT2D eigenvalue weighted by Gasteiger charge is -2.28. The van der Waals surface area contributed by atoms with Crippen LogP contribution < -0.4 is 15.4 Å². The molecule has 3 heterocycles. The number of amides is 1. The Morgan fingerprint density at radius 2 is 1.90 bits per heavy atom. The van der Waals surface area contributed by atoms with E-state index < -0.39 is 5.82 Å². The number of rotatable bonds is 8. The van der Waals surface area contributed by atoms with Gasteiger partial charge in [-0.1, -0.05) is 24.3 Å². The molecule has 9 heteroatoms. The first-order valence-electron chi connectivity index (χ1n) is 12.7. The zero-order valence-corrected chi connectivity index (χ0v) is 22.8. The van der Waals surface area contributed by atoms with Crippen LogP contribution in [0.5, 0.6) is 5.75 Å². The van der Waals surface area contributed by atoms with Crippen LogP contribution in [0.25, 0.3) is 5.69 Å². The van der Waals surface area contributed by atoms with Crippen LogP contribution in [0.4, 0.5) is 10.1 Å². The van der Waals surface area contributed by atoms with Crippen molar-refractivity contribution < 1.29 is 13.9 Å². The Kier molecular flexibility index (Phi) is 7.60. The number of para-hydroxylation sites is 1. The third-order valence-electron chi connectivity index (χ3n) is 7.03. The topological polar surface area (TPSA) is 71.4 Å². The summed E-state index contributed by atoms with van der Waals surface area (Å²) < 4.78 is 21.7. The molecule has 39 heavy (non-hydrogen) atoms. The highest BCUT2D eigenvalue weighted by Crippen LogP contribution is 2.41. The second-order valence-electron chi connectivity index (χ2n) is 9.46. The maximum atomic E-state index is 14.1. The van der Waals surface area contributed by atoms with Crippen molar-refractivity contribution in [3.8, 4) is 11.4 Å². The van der Waals surface area contributed by atoms with Gasteiger partial charge in [-0.05, 0) is 74.1 Å². The van der Waals surface area contributed by atoms with E-state index in [2.05, 4.69) is 40.1 Å². The molecule has 0 spiro atoms. The lowest BCUT2D eigenvalue weighted by atomic mass is 9.96. The number of nitrogens with zero attached hydrogens (tertiary/aromatic N) is 3. The largest absolute Gasteiger partial charge is 0.497 e. The van der Waals surface area contributed by atoms with Crippen molar-refractivity contribution in [2.24, 2.45) is 0 Å². The molecule has 200 valence electrons. The Labute approximate surface area is 232 Å². The first-order chi connectivity index (χ1) is 18.9. The van der Waals surface area contributed by atoms with Crippen LogP contribution in [-0.2, 0) is 4.79 Å². The van der Waals surface area contributed by atoms with E-state index in [0.717, 1.165) is 34.1 Å². The molecule has 4 aromatic rings. The lowest BCUT2D eigenvalue weighted by molar-refractivity contribution is -0.116. The smallest absolute Gasteiger partial charge is 0.226 e. The number of halogens is 1. The summed E-state index contributed by atoms with van der Waals surface area (Å²) in [5.74, 6) is 0.0196. The van der Waals surface area contributed by atoms with Gasteiger partial charge in [-0.3, -0.25) is 9.78 Å². The Morgan fingerprint density at radius 3 is 2.64 bits per heavy atom. The quantitative estimate of drug-likeness (QED) is 0.281. The normalized spacial score (nSPS) is 16.7. The first kappa shape index (κ1) is 26.4. The number of anilines is 1. The molecule has 0 aliphatic carbocycles. The number of aromatic nitrogens is 2. The summed E-state index contributed by atoms with van der Waals surface area (Å²) in [5.41, 5.74) is 5.20. The zero-order valence-electron chi connectivity index (χ0n) is 22.0. The van der Waals surface area contributed by atoms with Gasteiger partial charge in [0.25, 0.3) is 0 Å². The van der Waals surface area contributed by atoms with Gasteiger partial charge >= 0.3 is 0 Å². The van der Waals surface area contributed by atoms with E-state index in [1.54, 1.807) is 31.5 Å². The van der Waals surface area contributed by atoms with Gasteiger partial charge in [-0.15, -0.1) is 0 Å². The van der Waals surface area contributed by atoms with Crippen LogP contribution in [0.3, 0.4) is 0 Å². The van der Waals surface area contributed by atoms with E-state index in [1.807, 2.05) is 47.4 Å². The summed E-state index contributed by atoms with van der Waals surface area (Å²) in [4.78, 5) is 19.4. The fraction of sp³-hybridized carbons (Fsp3) is 0.233. The number of carbonyl (C=O) groups is 1. The molecule has 0 unspecified atom stereocenters. The second kappa shape index (κ2) is 11.2. The standard InChI is InChI=1S/C30H30FN5O2S/c1-19-17-23(20(2)36(19)21-9-8-10-22(18-21)38-3)29-28(26-13-6-7-15-32-26)34-30(39)35(29)16-14-27(37)33-25-12-5-4-11-24(25)31/h4-13,15,17-18,28-29H,14,16H2,1-3H3,(H,33,37)(H,34,39)/t28-,29+/m0/s1. The number of hydrogen-bond acceptors (Lipinski definition) is 4. The van der Waals surface area contributed by atoms with Crippen molar-refractivity contribution in [1.82, 2.24) is 19.8 Å². The van der Waals surface area contributed by atoms with Gasteiger partial charge in [0, 0.05) is 42.3 Å². The SMILES string of the molecule is COc1cccc(-n2c(C)cc([C@@H]3[C@H](c4ccccn4)NC(=S)N3CCC(=O)Nc3ccccc3F)c2C)c1. The minimum absolute atomic E-state index is 0.135. The molecule has 1 aliphatic rings. The van der Waals surface area contributed by atoms with Crippen molar-refractivity contribution in [2.75, 3.05) is 19.0 Å². The summed E-state index contributed by atoms with van der Waals surface area (Å²) in [6, 6.07) is 21.6. The molecule has 2 aromatic carbocycles. The van der Waals surface area contributed by atoms with Gasteiger partial charge in [0.1, 0.15) is 11.6 Å². The summed E-state index contributed by atoms with van der Waals surface area (Å²) in [6.45, 7) is 4.50. The second-order valence-corrected chi connectivity index (χ2v) is 9.85. The maximum absolute atomic E-state index is 14.1. The molecule has 1 aliphatic heterocycles. The van der Waals surface area contributed by atoms with E-state index in [-0.39, 0.29) is 30.1 Å². The molecular weight excluding hydrogens is 513 g/mol. The Bertz CT molecular complexity index is 1510. The average Bonchev–Trinajstić information content (AvgIpc) is 3.43. The van der Waals surface area contributed by atoms with Crippen LogP contribution in [0, 0.1) is 19.7 Å². The van der Waals surface area contributed by atoms with Crippen molar-refractivity contribution in [1.29, 1.82) is 0 Å². The third-order valence-corrected chi connectivity index (χ3v) is 7.38. The van der Waals surface area contributed by atoms with Crippen LogP contribution in [0.1, 0.15) is 41.1 Å². The van der Waals surface area contributed by atoms with Crippen LogP contribution >= 0.6 is 12.2 Å². The van der Waals surface area contributed by atoms with Gasteiger partial charge in [0.2, 0.25) is 5.91 Å². The zero-order chi connectivity index (χ0) is 27.5. The number of hydrogen-bond donors (Lipinski definition) is 2. The monoisotopic (exact) mass is 543 g/mol. The summed E-state index contributed by atoms with van der Waals surface area (Å²) in [5, 5.41) is 6.65. The highest BCUT2D eigenvalue weighted by atomic mass is 32.1. The van der Waals surface area contributed by atoms with E-state index in [4.69, 9.17) is 17.0 Å². The van der Waals surface area contributed by atoms with E-state index in [1.165, 1.54) is 6.07 Å². The summed E-state index contributed by atoms with van der Waals surface area (Å²) >= 11 is 5.78. The lowest BCUT2D eigenvalue weighted by Crippen LogP contribution is -2.33. The molecule has 2 N–H and O–H groups in total. The molecule has 0 saturated carbocycles. The highest BCUT2D eigenvalue weighted by Gasteiger charge is 2.41. The van der Waals surface area contributed by atoms with Gasteiger partial charge < -0.3 is 24.8 Å². The summed E-state index contributed by atoms with van der Waals surface area (Å²) in [6.07, 6.45) is 1.90. The molecule has 2 aromatic heterocycles. The van der Waals surface area contributed by atoms with Crippen molar-refractivity contribution >= 4 is 28.9 Å². The van der Waals surface area contributed by atoms with Gasteiger partial charge in [0.05, 0.1) is 30.6 Å². The molecule has 5 rings (SSSR count). The fourth-order valence-corrected chi connectivity index (χ4v) is 5.55. The molecule has 0 radical (unpaired) electrons. The van der Waals surface area contributed by atoms with Gasteiger partial charge in [-0.2, -0.15) is 0 Å².